The van der Waals surface area contributed by atoms with Gasteiger partial charge in [-0.2, -0.15) is 0 Å². The minimum Gasteiger partial charge on any atom is -0.465 e. The largest absolute Gasteiger partial charge is 0.465 e. The lowest BCUT2D eigenvalue weighted by Gasteiger charge is -2.30. The molecule has 0 aromatic carbocycles. The van der Waals surface area contributed by atoms with Crippen molar-refractivity contribution in [2.75, 3.05) is 39.6 Å². The monoisotopic (exact) mass is 594 g/mol. The Bertz CT molecular complexity index is 855. The number of esters is 6. The van der Waals surface area contributed by atoms with Crippen LogP contribution in [0, 0.1) is 10.8 Å². The summed E-state index contributed by atoms with van der Waals surface area (Å²) in [5.41, 5.74) is -1.94. The lowest BCUT2D eigenvalue weighted by Crippen LogP contribution is -2.39. The van der Waals surface area contributed by atoms with Crippen molar-refractivity contribution in [3.8, 4) is 0 Å². The van der Waals surface area contributed by atoms with E-state index in [1.807, 2.05) is 0 Å². The van der Waals surface area contributed by atoms with E-state index in [0.717, 1.165) is 24.3 Å². The Kier molecular flexibility index (Phi) is 18.6. The van der Waals surface area contributed by atoms with Crippen LogP contribution >= 0.6 is 0 Å². The Morgan fingerprint density at radius 1 is 0.476 bits per heavy atom. The van der Waals surface area contributed by atoms with Gasteiger partial charge in [0.1, 0.15) is 39.6 Å². The van der Waals surface area contributed by atoms with Crippen LogP contribution in [0.4, 0.5) is 0 Å². The number of carbonyl (C=O) groups is 6. The molecule has 0 aromatic rings. The quantitative estimate of drug-likeness (QED) is 0.0736. The van der Waals surface area contributed by atoms with E-state index in [9.17, 15) is 28.8 Å². The summed E-state index contributed by atoms with van der Waals surface area (Å²) < 4.78 is 31.2. The molecule has 0 spiro atoms. The number of hydrogen-bond acceptors (Lipinski definition) is 12. The van der Waals surface area contributed by atoms with Crippen LogP contribution in [0.25, 0.3) is 0 Å². The number of hydrogen-bond donors (Lipinski definition) is 0. The molecule has 0 rings (SSSR count). The van der Waals surface area contributed by atoms with E-state index in [0.29, 0.717) is 25.7 Å². The summed E-state index contributed by atoms with van der Waals surface area (Å²) in [6.07, 6.45) is 5.32. The molecule has 0 saturated carbocycles. The molecule has 0 unspecified atom stereocenters. The van der Waals surface area contributed by atoms with Gasteiger partial charge in [0.15, 0.2) is 0 Å². The van der Waals surface area contributed by atoms with Crippen molar-refractivity contribution in [1.29, 1.82) is 0 Å². The van der Waals surface area contributed by atoms with E-state index < -0.39 is 46.6 Å². The van der Waals surface area contributed by atoms with Gasteiger partial charge in [0, 0.05) is 37.1 Å². The summed E-state index contributed by atoms with van der Waals surface area (Å²) >= 11 is 0. The van der Waals surface area contributed by atoms with Crippen LogP contribution in [0.5, 0.6) is 0 Å². The minimum atomic E-state index is -0.970. The lowest BCUT2D eigenvalue weighted by molar-refractivity contribution is -0.161. The van der Waals surface area contributed by atoms with Gasteiger partial charge in [-0.25, -0.2) is 19.2 Å². The van der Waals surface area contributed by atoms with Crippen LogP contribution < -0.4 is 0 Å². The second kappa shape index (κ2) is 20.6. The van der Waals surface area contributed by atoms with E-state index in [2.05, 4.69) is 26.3 Å². The molecule has 42 heavy (non-hydrogen) atoms. The average molecular weight is 595 g/mol. The van der Waals surface area contributed by atoms with Crippen molar-refractivity contribution >= 4 is 35.8 Å². The molecule has 0 atom stereocenters. The topological polar surface area (TPSA) is 158 Å². The van der Waals surface area contributed by atoms with Crippen LogP contribution in [-0.4, -0.2) is 75.5 Å². The molecule has 0 saturated heterocycles. The van der Waals surface area contributed by atoms with Crippen LogP contribution in [0.2, 0.25) is 0 Å². The average Bonchev–Trinajstić information content (AvgIpc) is 3.01. The van der Waals surface area contributed by atoms with E-state index in [1.165, 1.54) is 0 Å². The third kappa shape index (κ3) is 15.5. The maximum Gasteiger partial charge on any atom is 0.330 e. The number of ether oxygens (including phenoxy) is 6. The first-order valence-electron chi connectivity index (χ1n) is 13.4. The van der Waals surface area contributed by atoms with Gasteiger partial charge < -0.3 is 28.4 Å². The molecule has 0 N–H and O–H groups in total. The molecule has 234 valence electrons. The third-order valence-electron chi connectivity index (χ3n) is 6.34. The molecule has 12 nitrogen and oxygen atoms in total. The first-order valence-corrected chi connectivity index (χ1v) is 13.4. The van der Waals surface area contributed by atoms with Gasteiger partial charge in [-0.15, -0.1) is 0 Å². The highest BCUT2D eigenvalue weighted by Crippen LogP contribution is 2.26. The maximum absolute atomic E-state index is 12.4. The van der Waals surface area contributed by atoms with Gasteiger partial charge in [0.05, 0.1) is 10.8 Å². The number of carbonyl (C=O) groups excluding carboxylic acids is 6. The summed E-state index contributed by atoms with van der Waals surface area (Å²) in [7, 11) is 0. The zero-order valence-corrected chi connectivity index (χ0v) is 24.5. The van der Waals surface area contributed by atoms with Crippen molar-refractivity contribution in [1.82, 2.24) is 0 Å². The fourth-order valence-electron chi connectivity index (χ4n) is 3.15. The van der Waals surface area contributed by atoms with Gasteiger partial charge >= 0.3 is 35.8 Å². The molecular weight excluding hydrogens is 552 g/mol. The fourth-order valence-corrected chi connectivity index (χ4v) is 3.15. The van der Waals surface area contributed by atoms with Crippen molar-refractivity contribution in [2.24, 2.45) is 10.8 Å². The minimum absolute atomic E-state index is 0.000127. The summed E-state index contributed by atoms with van der Waals surface area (Å²) in [4.78, 5) is 70.9. The Hall–Kier alpha value is -4.22. The van der Waals surface area contributed by atoms with Crippen LogP contribution in [0.1, 0.15) is 52.4 Å². The standard InChI is InChI=1S/C30H42O12/c1-7-23(31)37-17-29(11-5,18-38-24(32)8-2)21-41-27(35)15-13-14-16-28(36)42-22-30(12-6,19-39-25(33)9-3)20-40-26(34)10-4/h7-10H,1-4,11-22H2,5-6H3. The number of unbranched alkanes of at least 4 members (excludes halogenated alkanes) is 1. The molecule has 0 aliphatic rings. The van der Waals surface area contributed by atoms with E-state index in [1.54, 1.807) is 13.8 Å². The molecule has 0 bridgehead atoms. The van der Waals surface area contributed by atoms with Crippen LogP contribution in [0.3, 0.4) is 0 Å². The first-order chi connectivity index (χ1) is 19.9. The first kappa shape index (κ1) is 37.8. The number of rotatable bonds is 23. The van der Waals surface area contributed by atoms with Gasteiger partial charge in [0.25, 0.3) is 0 Å². The highest BCUT2D eigenvalue weighted by Gasteiger charge is 2.35. The highest BCUT2D eigenvalue weighted by molar-refractivity contribution is 5.82. The summed E-state index contributed by atoms with van der Waals surface area (Å²) in [6, 6.07) is 0. The van der Waals surface area contributed by atoms with Crippen molar-refractivity contribution in [2.45, 2.75) is 52.4 Å². The molecule has 0 radical (unpaired) electrons. The predicted molar refractivity (Wildman–Crippen MR) is 150 cm³/mol. The Morgan fingerprint density at radius 2 is 0.714 bits per heavy atom. The second-order valence-electron chi connectivity index (χ2n) is 9.48. The van der Waals surface area contributed by atoms with Gasteiger partial charge in [-0.05, 0) is 25.7 Å². The summed E-state index contributed by atoms with van der Waals surface area (Å²) in [5, 5.41) is 0. The molecule has 12 heteroatoms. The molecule has 0 amide bonds. The van der Waals surface area contributed by atoms with Crippen molar-refractivity contribution in [3.63, 3.8) is 0 Å². The Morgan fingerprint density at radius 3 is 0.929 bits per heavy atom. The van der Waals surface area contributed by atoms with Crippen LogP contribution in [-0.2, 0) is 57.2 Å². The predicted octanol–water partition coefficient (Wildman–Crippen LogP) is 3.34. The second-order valence-corrected chi connectivity index (χ2v) is 9.48. The van der Waals surface area contributed by atoms with E-state index >= 15 is 0 Å². The van der Waals surface area contributed by atoms with Gasteiger partial charge in [-0.3, -0.25) is 9.59 Å². The zero-order valence-electron chi connectivity index (χ0n) is 24.5. The van der Waals surface area contributed by atoms with E-state index in [-0.39, 0.29) is 52.5 Å². The van der Waals surface area contributed by atoms with Crippen LogP contribution in [0.15, 0.2) is 50.6 Å². The van der Waals surface area contributed by atoms with Gasteiger partial charge in [-0.1, -0.05) is 40.2 Å². The van der Waals surface area contributed by atoms with Crippen molar-refractivity contribution in [3.05, 3.63) is 50.6 Å². The molecular formula is C30H42O12. The SMILES string of the molecule is C=CC(=O)OCC(CC)(COC(=O)C=C)COC(=O)CCCCC(=O)OCC(CC)(COC(=O)C=C)COC(=O)C=C. The van der Waals surface area contributed by atoms with E-state index in [4.69, 9.17) is 28.4 Å². The Balaban J connectivity index is 4.87. The molecule has 0 aliphatic heterocycles. The molecule has 0 heterocycles. The third-order valence-corrected chi connectivity index (χ3v) is 6.34. The highest BCUT2D eigenvalue weighted by atomic mass is 16.6. The molecule has 0 fully saturated rings. The molecule has 0 aromatic heterocycles. The normalized spacial score (nSPS) is 10.8. The lowest BCUT2D eigenvalue weighted by atomic mass is 9.88. The fraction of sp³-hybridized carbons (Fsp3) is 0.533. The van der Waals surface area contributed by atoms with Gasteiger partial charge in [0.2, 0.25) is 0 Å². The smallest absolute Gasteiger partial charge is 0.330 e. The Labute approximate surface area is 246 Å². The van der Waals surface area contributed by atoms with Crippen molar-refractivity contribution < 1.29 is 57.2 Å². The molecule has 0 aliphatic carbocycles. The summed E-state index contributed by atoms with van der Waals surface area (Å²) in [6.45, 7) is 15.8. The maximum atomic E-state index is 12.4. The zero-order chi connectivity index (χ0) is 32.0. The summed E-state index contributed by atoms with van der Waals surface area (Å²) in [5.74, 6) is -3.80.